The van der Waals surface area contributed by atoms with Gasteiger partial charge in [0.25, 0.3) is 0 Å². The highest BCUT2D eigenvalue weighted by atomic mass is 19.4. The molecule has 140 valence electrons. The number of benzene rings is 2. The second kappa shape index (κ2) is 5.90. The number of fused-ring (bicyclic) bond motifs is 1. The molecule has 0 fully saturated rings. The highest BCUT2D eigenvalue weighted by Crippen LogP contribution is 2.41. The number of anilines is 1. The van der Waals surface area contributed by atoms with Crippen LogP contribution in [0.1, 0.15) is 30.5 Å². The van der Waals surface area contributed by atoms with Crippen LogP contribution in [0.2, 0.25) is 0 Å². The first-order chi connectivity index (χ1) is 11.9. The van der Waals surface area contributed by atoms with Crippen molar-refractivity contribution in [3.05, 3.63) is 53.1 Å². The molecule has 1 aliphatic rings. The van der Waals surface area contributed by atoms with Crippen LogP contribution in [-0.4, -0.2) is 6.73 Å². The normalized spacial score (nSPS) is 16.8. The van der Waals surface area contributed by atoms with E-state index in [0.29, 0.717) is 5.56 Å². The summed E-state index contributed by atoms with van der Waals surface area (Å²) >= 11 is 0. The Labute approximate surface area is 145 Å². The predicted molar refractivity (Wildman–Crippen MR) is 84.5 cm³/mol. The third-order valence-electron chi connectivity index (χ3n) is 4.28. The van der Waals surface area contributed by atoms with E-state index in [-0.39, 0.29) is 23.9 Å². The summed E-state index contributed by atoms with van der Waals surface area (Å²) in [6.45, 7) is 3.83. The molecule has 0 bridgehead atoms. The summed E-state index contributed by atoms with van der Waals surface area (Å²) in [4.78, 5) is 0. The summed E-state index contributed by atoms with van der Waals surface area (Å²) in [5.74, 6) is 0. The maximum atomic E-state index is 13.1. The van der Waals surface area contributed by atoms with E-state index in [2.05, 4.69) is 5.32 Å². The molecule has 0 aliphatic carbocycles. The van der Waals surface area contributed by atoms with E-state index in [4.69, 9.17) is 4.74 Å². The fourth-order valence-electron chi connectivity index (χ4n) is 2.87. The van der Waals surface area contributed by atoms with Crippen molar-refractivity contribution in [1.29, 1.82) is 0 Å². The van der Waals surface area contributed by atoms with Crippen molar-refractivity contribution >= 4 is 5.69 Å². The molecule has 2 nitrogen and oxygen atoms in total. The van der Waals surface area contributed by atoms with Crippen LogP contribution in [0.15, 0.2) is 36.4 Å². The minimum atomic E-state index is -4.88. The zero-order chi connectivity index (χ0) is 19.3. The largest absolute Gasteiger partial charge is 0.416 e. The topological polar surface area (TPSA) is 21.3 Å². The number of hydrogen-bond donors (Lipinski definition) is 1. The standard InChI is InChI=1S/C18H15F6NO/c1-16(2)14-7-10(3-4-15(14)25-9-26-16)11-5-12(17(19,20)21)8-13(6-11)18(22,23)24/h3-8,25H,9H2,1-2H3. The minimum absolute atomic E-state index is 0.122. The summed E-state index contributed by atoms with van der Waals surface area (Å²) in [5, 5.41) is 2.99. The molecular formula is C18H15F6NO. The molecule has 0 saturated carbocycles. The quantitative estimate of drug-likeness (QED) is 0.615. The molecule has 2 aromatic carbocycles. The Morgan fingerprint density at radius 3 is 1.96 bits per heavy atom. The average Bonchev–Trinajstić information content (AvgIpc) is 2.52. The molecule has 26 heavy (non-hydrogen) atoms. The van der Waals surface area contributed by atoms with Gasteiger partial charge in [-0.25, -0.2) is 0 Å². The van der Waals surface area contributed by atoms with Gasteiger partial charge in [-0.05, 0) is 55.3 Å². The molecule has 8 heteroatoms. The van der Waals surface area contributed by atoms with Gasteiger partial charge in [-0.3, -0.25) is 0 Å². The molecule has 3 rings (SSSR count). The van der Waals surface area contributed by atoms with Crippen molar-refractivity contribution in [3.63, 3.8) is 0 Å². The van der Waals surface area contributed by atoms with Crippen molar-refractivity contribution in [2.24, 2.45) is 0 Å². The van der Waals surface area contributed by atoms with Crippen LogP contribution in [0.4, 0.5) is 32.0 Å². The fourth-order valence-corrected chi connectivity index (χ4v) is 2.87. The van der Waals surface area contributed by atoms with E-state index in [0.717, 1.165) is 17.8 Å². The first-order valence-corrected chi connectivity index (χ1v) is 7.70. The lowest BCUT2D eigenvalue weighted by molar-refractivity contribution is -0.143. The molecule has 0 amide bonds. The maximum absolute atomic E-state index is 13.1. The molecule has 0 aromatic heterocycles. The molecule has 1 aliphatic heterocycles. The summed E-state index contributed by atoms with van der Waals surface area (Å²) in [6.07, 6.45) is -9.76. The summed E-state index contributed by atoms with van der Waals surface area (Å²) in [5.41, 5.74) is -1.91. The van der Waals surface area contributed by atoms with E-state index in [1.165, 1.54) is 6.07 Å². The van der Waals surface area contributed by atoms with Crippen molar-refractivity contribution in [2.45, 2.75) is 31.8 Å². The molecule has 1 heterocycles. The van der Waals surface area contributed by atoms with E-state index >= 15 is 0 Å². The second-order valence-corrected chi connectivity index (χ2v) is 6.53. The van der Waals surface area contributed by atoms with Gasteiger partial charge in [0.1, 0.15) is 6.73 Å². The van der Waals surface area contributed by atoms with Gasteiger partial charge >= 0.3 is 12.4 Å². The maximum Gasteiger partial charge on any atom is 0.416 e. The van der Waals surface area contributed by atoms with E-state index in [1.54, 1.807) is 26.0 Å². The average molecular weight is 375 g/mol. The molecule has 0 spiro atoms. The van der Waals surface area contributed by atoms with Crippen LogP contribution in [0.25, 0.3) is 11.1 Å². The lowest BCUT2D eigenvalue weighted by atomic mass is 9.90. The summed E-state index contributed by atoms with van der Waals surface area (Å²) in [7, 11) is 0. The van der Waals surface area contributed by atoms with Crippen molar-refractivity contribution in [2.75, 3.05) is 12.0 Å². The smallest absolute Gasteiger partial charge is 0.362 e. The summed E-state index contributed by atoms with van der Waals surface area (Å²) < 4.78 is 83.9. The molecule has 0 unspecified atom stereocenters. The molecule has 0 atom stereocenters. The molecular weight excluding hydrogens is 360 g/mol. The Bertz CT molecular complexity index is 806. The predicted octanol–water partition coefficient (Wildman–Crippen LogP) is 6.03. The van der Waals surface area contributed by atoms with Crippen LogP contribution < -0.4 is 5.32 Å². The van der Waals surface area contributed by atoms with Gasteiger partial charge in [0.2, 0.25) is 0 Å². The molecule has 2 aromatic rings. The minimum Gasteiger partial charge on any atom is -0.362 e. The zero-order valence-corrected chi connectivity index (χ0v) is 13.8. The van der Waals surface area contributed by atoms with Gasteiger partial charge in [-0.15, -0.1) is 0 Å². The number of ether oxygens (including phenoxy) is 1. The van der Waals surface area contributed by atoms with E-state index < -0.39 is 29.1 Å². The van der Waals surface area contributed by atoms with Crippen molar-refractivity contribution in [3.8, 4) is 11.1 Å². The van der Waals surface area contributed by atoms with Gasteiger partial charge in [0.05, 0.1) is 16.7 Å². The Balaban J connectivity index is 2.18. The Morgan fingerprint density at radius 1 is 0.846 bits per heavy atom. The lowest BCUT2D eigenvalue weighted by Gasteiger charge is -2.34. The van der Waals surface area contributed by atoms with Crippen LogP contribution in [0.3, 0.4) is 0 Å². The van der Waals surface area contributed by atoms with Gasteiger partial charge in [0.15, 0.2) is 0 Å². The van der Waals surface area contributed by atoms with Gasteiger partial charge in [-0.1, -0.05) is 6.07 Å². The number of alkyl halides is 6. The van der Waals surface area contributed by atoms with Gasteiger partial charge < -0.3 is 10.1 Å². The Kier molecular flexibility index (Phi) is 4.22. The van der Waals surface area contributed by atoms with Crippen LogP contribution >= 0.6 is 0 Å². The Hall–Kier alpha value is -2.22. The van der Waals surface area contributed by atoms with Gasteiger partial charge in [0, 0.05) is 11.3 Å². The number of rotatable bonds is 1. The van der Waals surface area contributed by atoms with Crippen LogP contribution in [0.5, 0.6) is 0 Å². The Morgan fingerprint density at radius 2 is 1.42 bits per heavy atom. The monoisotopic (exact) mass is 375 g/mol. The van der Waals surface area contributed by atoms with Crippen molar-refractivity contribution in [1.82, 2.24) is 0 Å². The van der Waals surface area contributed by atoms with Crippen LogP contribution in [-0.2, 0) is 22.7 Å². The third-order valence-corrected chi connectivity index (χ3v) is 4.28. The van der Waals surface area contributed by atoms with Crippen LogP contribution in [0, 0.1) is 0 Å². The summed E-state index contributed by atoms with van der Waals surface area (Å²) in [6, 6.07) is 6.24. The molecule has 0 radical (unpaired) electrons. The SMILES string of the molecule is CC1(C)OCNc2ccc(-c3cc(C(F)(F)F)cc(C(F)(F)F)c3)cc21. The van der Waals surface area contributed by atoms with Gasteiger partial charge in [-0.2, -0.15) is 26.3 Å². The lowest BCUT2D eigenvalue weighted by Crippen LogP contribution is -2.31. The number of halogens is 6. The first-order valence-electron chi connectivity index (χ1n) is 7.70. The highest BCUT2D eigenvalue weighted by molar-refractivity contribution is 5.71. The fraction of sp³-hybridized carbons (Fsp3) is 0.333. The molecule has 1 N–H and O–H groups in total. The number of nitrogens with one attached hydrogen (secondary N) is 1. The first kappa shape index (κ1) is 18.6. The zero-order valence-electron chi connectivity index (χ0n) is 13.8. The second-order valence-electron chi connectivity index (χ2n) is 6.53. The van der Waals surface area contributed by atoms with E-state index in [9.17, 15) is 26.3 Å². The highest BCUT2D eigenvalue weighted by Gasteiger charge is 2.37. The third kappa shape index (κ3) is 3.51. The van der Waals surface area contributed by atoms with E-state index in [1.807, 2.05) is 0 Å². The molecule has 0 saturated heterocycles. The number of hydrogen-bond acceptors (Lipinski definition) is 2. The van der Waals surface area contributed by atoms with Crippen molar-refractivity contribution < 1.29 is 31.1 Å².